The highest BCUT2D eigenvalue weighted by atomic mass is 32.1. The van der Waals surface area contributed by atoms with Crippen molar-refractivity contribution in [3.63, 3.8) is 0 Å². The van der Waals surface area contributed by atoms with Gasteiger partial charge in [-0.1, -0.05) is 18.2 Å². The number of ether oxygens (including phenoxy) is 1. The van der Waals surface area contributed by atoms with E-state index in [1.807, 2.05) is 30.3 Å². The van der Waals surface area contributed by atoms with E-state index in [9.17, 15) is 0 Å². The largest absolute Gasteiger partial charge is 0.488 e. The number of aromatic nitrogens is 3. The van der Waals surface area contributed by atoms with Crippen molar-refractivity contribution in [1.82, 2.24) is 14.9 Å². The van der Waals surface area contributed by atoms with Crippen LogP contribution in [-0.4, -0.2) is 14.9 Å². The van der Waals surface area contributed by atoms with E-state index in [4.69, 9.17) is 4.74 Å². The van der Waals surface area contributed by atoms with Crippen molar-refractivity contribution in [2.75, 3.05) is 5.43 Å². The Balaban J connectivity index is 1.51. The summed E-state index contributed by atoms with van der Waals surface area (Å²) in [5, 5.41) is 9.51. The molecule has 0 aliphatic rings. The Morgan fingerprint density at radius 3 is 2.60 bits per heavy atom. The van der Waals surface area contributed by atoms with Crippen LogP contribution in [0.1, 0.15) is 10.4 Å². The van der Waals surface area contributed by atoms with E-state index in [1.54, 1.807) is 28.7 Å². The van der Waals surface area contributed by atoms with Crippen molar-refractivity contribution in [2.45, 2.75) is 13.2 Å². The van der Waals surface area contributed by atoms with Crippen molar-refractivity contribution in [1.29, 1.82) is 0 Å². The van der Waals surface area contributed by atoms with Gasteiger partial charge in [0.1, 0.15) is 25.0 Å². The maximum Gasteiger partial charge on any atom is 0.138 e. The Bertz CT molecular complexity index is 563. The molecule has 0 aliphatic heterocycles. The van der Waals surface area contributed by atoms with Crippen LogP contribution in [0.2, 0.25) is 0 Å². The van der Waals surface area contributed by atoms with E-state index in [2.05, 4.69) is 27.1 Å². The molecule has 0 amide bonds. The number of nitrogens with one attached hydrogen (secondary N) is 1. The van der Waals surface area contributed by atoms with Crippen LogP contribution in [0.15, 0.2) is 54.4 Å². The second kappa shape index (κ2) is 6.21. The third-order valence-corrected chi connectivity index (χ3v) is 3.62. The van der Waals surface area contributed by atoms with E-state index in [-0.39, 0.29) is 0 Å². The van der Waals surface area contributed by atoms with Crippen LogP contribution in [0.3, 0.4) is 0 Å². The minimum atomic E-state index is 0.621. The Kier molecular flexibility index (Phi) is 3.93. The number of benzene rings is 1. The molecule has 0 aliphatic carbocycles. The van der Waals surface area contributed by atoms with Crippen LogP contribution >= 0.6 is 11.3 Å². The van der Waals surface area contributed by atoms with Crippen molar-refractivity contribution in [3.05, 3.63) is 64.9 Å². The molecule has 2 aromatic heterocycles. The summed E-state index contributed by atoms with van der Waals surface area (Å²) in [6, 6.07) is 12.2. The van der Waals surface area contributed by atoms with Crippen LogP contribution in [0.4, 0.5) is 0 Å². The molecular formula is C14H14N4OS. The van der Waals surface area contributed by atoms with E-state index < -0.39 is 0 Å². The first-order valence-corrected chi connectivity index (χ1v) is 7.11. The van der Waals surface area contributed by atoms with Gasteiger partial charge in [0, 0.05) is 4.88 Å². The van der Waals surface area contributed by atoms with Gasteiger partial charge >= 0.3 is 0 Å². The third-order valence-electron chi connectivity index (χ3n) is 2.77. The summed E-state index contributed by atoms with van der Waals surface area (Å²) in [4.78, 5) is 1.23. The molecule has 0 unspecified atom stereocenters. The standard InChI is InChI=1S/C14H14N4OS/c1-2-14(20-7-1)9-19-13-5-3-12(4-6-13)8-17-18-10-15-16-11-18/h1-7,10-11,17H,8-9H2. The van der Waals surface area contributed by atoms with Gasteiger partial charge in [-0.05, 0) is 29.1 Å². The first kappa shape index (κ1) is 12.7. The fraction of sp³-hybridized carbons (Fsp3) is 0.143. The lowest BCUT2D eigenvalue weighted by atomic mass is 10.2. The molecule has 0 radical (unpaired) electrons. The Morgan fingerprint density at radius 1 is 1.10 bits per heavy atom. The summed E-state index contributed by atoms with van der Waals surface area (Å²) < 4.78 is 7.44. The van der Waals surface area contributed by atoms with Gasteiger partial charge in [0.25, 0.3) is 0 Å². The molecule has 0 atom stereocenters. The van der Waals surface area contributed by atoms with Crippen molar-refractivity contribution in [2.24, 2.45) is 0 Å². The molecule has 6 heteroatoms. The normalized spacial score (nSPS) is 10.4. The zero-order chi connectivity index (χ0) is 13.6. The van der Waals surface area contributed by atoms with Crippen LogP contribution in [0.5, 0.6) is 5.75 Å². The number of hydrogen-bond donors (Lipinski definition) is 1. The highest BCUT2D eigenvalue weighted by Crippen LogP contribution is 2.16. The predicted octanol–water partition coefficient (Wildman–Crippen LogP) is 2.66. The average Bonchev–Trinajstić information content (AvgIpc) is 3.17. The van der Waals surface area contributed by atoms with E-state index in [0.717, 1.165) is 5.75 Å². The Labute approximate surface area is 120 Å². The van der Waals surface area contributed by atoms with E-state index in [1.165, 1.54) is 10.4 Å². The number of thiophene rings is 1. The first-order chi connectivity index (χ1) is 9.90. The first-order valence-electron chi connectivity index (χ1n) is 6.23. The maximum atomic E-state index is 5.72. The molecule has 2 heterocycles. The van der Waals surface area contributed by atoms with E-state index >= 15 is 0 Å². The van der Waals surface area contributed by atoms with Gasteiger partial charge in [-0.3, -0.25) is 0 Å². The van der Waals surface area contributed by atoms with Gasteiger partial charge in [-0.15, -0.1) is 21.5 Å². The van der Waals surface area contributed by atoms with Gasteiger partial charge in [0.15, 0.2) is 0 Å². The summed E-state index contributed by atoms with van der Waals surface area (Å²) in [5.74, 6) is 0.881. The van der Waals surface area contributed by atoms with Crippen molar-refractivity contribution in [3.8, 4) is 5.75 Å². The molecule has 0 bridgehead atoms. The molecule has 0 fully saturated rings. The number of nitrogens with zero attached hydrogens (tertiary/aromatic N) is 3. The molecule has 102 valence electrons. The summed E-state index contributed by atoms with van der Waals surface area (Å²) >= 11 is 1.70. The molecule has 3 aromatic rings. The van der Waals surface area contributed by atoms with Crippen LogP contribution in [0, 0.1) is 0 Å². The zero-order valence-corrected chi connectivity index (χ0v) is 11.6. The van der Waals surface area contributed by atoms with Gasteiger partial charge in [0.05, 0.1) is 6.54 Å². The minimum absolute atomic E-state index is 0.621. The van der Waals surface area contributed by atoms with E-state index in [0.29, 0.717) is 13.2 Å². The molecule has 5 nitrogen and oxygen atoms in total. The average molecular weight is 286 g/mol. The van der Waals surface area contributed by atoms with Crippen LogP contribution in [-0.2, 0) is 13.2 Å². The highest BCUT2D eigenvalue weighted by molar-refractivity contribution is 7.09. The lowest BCUT2D eigenvalue weighted by Crippen LogP contribution is -2.11. The number of hydrogen-bond acceptors (Lipinski definition) is 5. The predicted molar refractivity (Wildman–Crippen MR) is 78.2 cm³/mol. The second-order valence-electron chi connectivity index (χ2n) is 4.22. The molecular weight excluding hydrogens is 272 g/mol. The SMILES string of the molecule is c1csc(COc2ccc(CNn3cnnc3)cc2)c1. The maximum absolute atomic E-state index is 5.72. The molecule has 0 spiro atoms. The summed E-state index contributed by atoms with van der Waals surface area (Å²) in [6.45, 7) is 1.33. The fourth-order valence-electron chi connectivity index (χ4n) is 1.72. The molecule has 0 saturated carbocycles. The zero-order valence-electron chi connectivity index (χ0n) is 10.8. The quantitative estimate of drug-likeness (QED) is 0.757. The lowest BCUT2D eigenvalue weighted by molar-refractivity contribution is 0.310. The summed E-state index contributed by atoms with van der Waals surface area (Å²) in [7, 11) is 0. The molecule has 1 N–H and O–H groups in total. The minimum Gasteiger partial charge on any atom is -0.488 e. The molecule has 3 rings (SSSR count). The molecule has 0 saturated heterocycles. The molecule has 20 heavy (non-hydrogen) atoms. The fourth-order valence-corrected chi connectivity index (χ4v) is 2.33. The monoisotopic (exact) mass is 286 g/mol. The van der Waals surface area contributed by atoms with Crippen LogP contribution < -0.4 is 10.2 Å². The number of rotatable bonds is 6. The van der Waals surface area contributed by atoms with Crippen molar-refractivity contribution >= 4 is 11.3 Å². The van der Waals surface area contributed by atoms with Gasteiger partial charge in [0.2, 0.25) is 0 Å². The molecule has 1 aromatic carbocycles. The summed E-state index contributed by atoms with van der Waals surface area (Å²) in [6.07, 6.45) is 3.25. The van der Waals surface area contributed by atoms with Gasteiger partial charge in [-0.25, -0.2) is 4.68 Å². The topological polar surface area (TPSA) is 52.0 Å². The Morgan fingerprint density at radius 2 is 1.90 bits per heavy atom. The summed E-state index contributed by atoms with van der Waals surface area (Å²) in [5.41, 5.74) is 4.34. The lowest BCUT2D eigenvalue weighted by Gasteiger charge is -2.08. The van der Waals surface area contributed by atoms with Crippen molar-refractivity contribution < 1.29 is 4.74 Å². The Hall–Kier alpha value is -2.34. The second-order valence-corrected chi connectivity index (χ2v) is 5.25. The third kappa shape index (κ3) is 3.36. The smallest absolute Gasteiger partial charge is 0.138 e. The van der Waals surface area contributed by atoms with Gasteiger partial charge in [-0.2, -0.15) is 0 Å². The van der Waals surface area contributed by atoms with Crippen LogP contribution in [0.25, 0.3) is 0 Å². The van der Waals surface area contributed by atoms with Gasteiger partial charge < -0.3 is 10.2 Å². The highest BCUT2D eigenvalue weighted by Gasteiger charge is 1.98.